The number of rotatable bonds is 14. The van der Waals surface area contributed by atoms with Crippen molar-refractivity contribution in [3.05, 3.63) is 72.6 Å². The van der Waals surface area contributed by atoms with Crippen molar-refractivity contribution in [2.75, 3.05) is 33.0 Å². The van der Waals surface area contributed by atoms with Gasteiger partial charge >= 0.3 is 5.77 Å². The lowest BCUT2D eigenvalue weighted by Gasteiger charge is -2.23. The highest BCUT2D eigenvalue weighted by molar-refractivity contribution is 8.89. The first-order valence-corrected chi connectivity index (χ1v) is 17.9. The van der Waals surface area contributed by atoms with Crippen LogP contribution in [-0.4, -0.2) is 83.1 Å². The summed E-state index contributed by atoms with van der Waals surface area (Å²) < 4.78 is 44.1. The number of aromatic nitrogens is 3. The summed E-state index contributed by atoms with van der Waals surface area (Å²) in [5, 5.41) is 20.4. The molecule has 0 spiro atoms. The molecule has 2 aliphatic heterocycles. The van der Waals surface area contributed by atoms with E-state index in [-0.39, 0.29) is 38.7 Å². The fourth-order valence-corrected chi connectivity index (χ4v) is 11.0. The molecule has 2 aromatic carbocycles. The average Bonchev–Trinajstić information content (AvgIpc) is 3.66. The topological polar surface area (TPSA) is 143 Å². The van der Waals surface area contributed by atoms with Crippen LogP contribution in [0.4, 0.5) is 0 Å². The molecule has 1 amide bonds. The Labute approximate surface area is 251 Å². The van der Waals surface area contributed by atoms with Gasteiger partial charge in [0.15, 0.2) is 17.7 Å². The van der Waals surface area contributed by atoms with E-state index >= 15 is 0 Å². The van der Waals surface area contributed by atoms with E-state index in [0.29, 0.717) is 0 Å². The van der Waals surface area contributed by atoms with Crippen molar-refractivity contribution in [1.29, 1.82) is 0 Å². The second kappa shape index (κ2) is 14.0. The van der Waals surface area contributed by atoms with Crippen LogP contribution in [0.5, 0.6) is 0 Å². The first-order valence-electron chi connectivity index (χ1n) is 13.4. The maximum atomic E-state index is 13.7. The second-order valence-corrected chi connectivity index (χ2v) is 17.0. The van der Waals surface area contributed by atoms with Crippen LogP contribution in [0, 0.1) is 0 Å². The quantitative estimate of drug-likeness (QED) is 0.194. The Kier molecular flexibility index (Phi) is 10.4. The van der Waals surface area contributed by atoms with Gasteiger partial charge in [0.1, 0.15) is 18.3 Å². The molecule has 0 bridgehead atoms. The van der Waals surface area contributed by atoms with E-state index in [1.807, 2.05) is 60.7 Å². The number of carbonyl (C=O) groups excluding carboxylic acids is 1. The Balaban J connectivity index is 1.05. The highest BCUT2D eigenvalue weighted by atomic mass is 33.1. The lowest BCUT2D eigenvalue weighted by atomic mass is 10.1. The predicted octanol–water partition coefficient (Wildman–Crippen LogP) is 4.14. The van der Waals surface area contributed by atoms with Crippen molar-refractivity contribution in [1.82, 2.24) is 20.3 Å². The Morgan fingerprint density at radius 2 is 1.67 bits per heavy atom. The van der Waals surface area contributed by atoms with Crippen molar-refractivity contribution in [3.63, 3.8) is 0 Å². The molecule has 2 fully saturated rings. The van der Waals surface area contributed by atoms with Crippen LogP contribution < -0.4 is 5.32 Å². The normalized spacial score (nSPS) is 23.1. The van der Waals surface area contributed by atoms with E-state index in [1.165, 1.54) is 33.6 Å². The molecule has 0 aliphatic carbocycles. The SMILES string of the molecule is CC1(C)O[C@@H]2[C@H](O1)[C@@H](CO)O[C@H]2n1cc(C(=O)NCCOCCOP(=O)(Sc2ccccc2)Sc2ccccc2)nn1. The van der Waals surface area contributed by atoms with E-state index in [9.17, 15) is 14.5 Å². The summed E-state index contributed by atoms with van der Waals surface area (Å²) >= 11 is 2.41. The Bertz CT molecular complexity index is 1320. The van der Waals surface area contributed by atoms with E-state index in [4.69, 9.17) is 23.5 Å². The number of amides is 1. The molecule has 42 heavy (non-hydrogen) atoms. The number of benzene rings is 2. The number of ether oxygens (including phenoxy) is 4. The predicted molar refractivity (Wildman–Crippen MR) is 156 cm³/mol. The van der Waals surface area contributed by atoms with Crippen LogP contribution in [-0.2, 0) is 28.0 Å². The van der Waals surface area contributed by atoms with Crippen LogP contribution in [0.25, 0.3) is 0 Å². The molecule has 2 N–H and O–H groups in total. The van der Waals surface area contributed by atoms with Crippen LogP contribution >= 0.6 is 28.5 Å². The number of fused-ring (bicyclic) bond motifs is 1. The number of aliphatic hydroxyl groups is 1. The standard InChI is InChI=1S/C27H33N4O8PS2/c1-27(2)38-23-22(18-32)37-26(24(23)39-27)31-17-21(29-30-31)25(33)28-13-14-35-15-16-36-40(34,41-19-9-5-3-6-10-19)42-20-11-7-4-8-12-20/h3-12,17,22-24,26,32H,13-16,18H2,1-2H3,(H,28,33)/t22-,23-,24-,26-/m1/s1. The molecule has 15 heteroatoms. The van der Waals surface area contributed by atoms with Crippen LogP contribution in [0.2, 0.25) is 0 Å². The monoisotopic (exact) mass is 636 g/mol. The van der Waals surface area contributed by atoms with Gasteiger partial charge in [0.05, 0.1) is 32.6 Å². The maximum Gasteiger partial charge on any atom is 0.322 e. The summed E-state index contributed by atoms with van der Waals surface area (Å²) in [6.07, 6.45) is -0.764. The number of aliphatic hydroxyl groups excluding tert-OH is 1. The minimum Gasteiger partial charge on any atom is -0.394 e. The van der Waals surface area contributed by atoms with Crippen molar-refractivity contribution < 1.29 is 37.9 Å². The zero-order valence-corrected chi connectivity index (χ0v) is 25.6. The zero-order chi connectivity index (χ0) is 29.6. The molecule has 4 atom stereocenters. The summed E-state index contributed by atoms with van der Waals surface area (Å²) in [6, 6.07) is 18.9. The summed E-state index contributed by atoms with van der Waals surface area (Å²) in [6.45, 7) is 4.11. The lowest BCUT2D eigenvalue weighted by Crippen LogP contribution is -2.31. The highest BCUT2D eigenvalue weighted by Gasteiger charge is 2.56. The van der Waals surface area contributed by atoms with Gasteiger partial charge in [-0.05, 0) is 60.9 Å². The van der Waals surface area contributed by atoms with Crippen molar-refractivity contribution >= 4 is 34.4 Å². The lowest BCUT2D eigenvalue weighted by molar-refractivity contribution is -0.201. The summed E-state index contributed by atoms with van der Waals surface area (Å²) in [7, 11) is 0. The largest absolute Gasteiger partial charge is 0.394 e. The molecule has 1 aromatic heterocycles. The van der Waals surface area contributed by atoms with Gasteiger partial charge in [0.2, 0.25) is 0 Å². The fourth-order valence-electron chi connectivity index (χ4n) is 4.45. The highest BCUT2D eigenvalue weighted by Crippen LogP contribution is 2.74. The molecule has 2 aliphatic rings. The van der Waals surface area contributed by atoms with Gasteiger partial charge in [-0.15, -0.1) is 5.10 Å². The number of nitrogens with one attached hydrogen (secondary N) is 1. The zero-order valence-electron chi connectivity index (χ0n) is 23.1. The van der Waals surface area contributed by atoms with Crippen molar-refractivity contribution in [2.45, 2.75) is 54.0 Å². The molecular weight excluding hydrogens is 603 g/mol. The van der Waals surface area contributed by atoms with E-state index in [0.717, 1.165) is 9.79 Å². The Morgan fingerprint density at radius 3 is 2.31 bits per heavy atom. The molecule has 0 saturated carbocycles. The molecule has 0 radical (unpaired) electrons. The maximum absolute atomic E-state index is 13.7. The van der Waals surface area contributed by atoms with Gasteiger partial charge in [-0.25, -0.2) is 4.68 Å². The molecular formula is C27H33N4O8PS2. The number of hydrogen-bond donors (Lipinski definition) is 2. The Hall–Kier alpha value is -2.26. The van der Waals surface area contributed by atoms with E-state index in [1.54, 1.807) is 13.8 Å². The molecule has 3 aromatic rings. The minimum atomic E-state index is -3.18. The van der Waals surface area contributed by atoms with Crippen LogP contribution in [0.1, 0.15) is 30.6 Å². The third kappa shape index (κ3) is 8.01. The van der Waals surface area contributed by atoms with Gasteiger partial charge in [-0.3, -0.25) is 9.36 Å². The average molecular weight is 637 g/mol. The summed E-state index contributed by atoms with van der Waals surface area (Å²) in [5.41, 5.74) is 0.0981. The smallest absolute Gasteiger partial charge is 0.322 e. The third-order valence-corrected chi connectivity index (χ3v) is 12.7. The molecule has 12 nitrogen and oxygen atoms in total. The minimum absolute atomic E-state index is 0.0981. The molecule has 3 heterocycles. The van der Waals surface area contributed by atoms with Crippen molar-refractivity contribution in [2.24, 2.45) is 0 Å². The summed E-state index contributed by atoms with van der Waals surface area (Å²) in [4.78, 5) is 14.3. The molecule has 226 valence electrons. The van der Waals surface area contributed by atoms with Crippen molar-refractivity contribution in [3.8, 4) is 0 Å². The molecule has 0 unspecified atom stereocenters. The van der Waals surface area contributed by atoms with Crippen LogP contribution in [0.3, 0.4) is 0 Å². The first-order chi connectivity index (χ1) is 20.3. The van der Waals surface area contributed by atoms with Gasteiger partial charge in [-0.2, -0.15) is 0 Å². The van der Waals surface area contributed by atoms with E-state index < -0.39 is 42.0 Å². The molecule has 5 rings (SSSR count). The number of nitrogens with zero attached hydrogens (tertiary/aromatic N) is 3. The fraction of sp³-hybridized carbons (Fsp3) is 0.444. The van der Waals surface area contributed by atoms with Gasteiger partial charge in [-0.1, -0.05) is 41.6 Å². The Morgan fingerprint density at radius 1 is 1.02 bits per heavy atom. The van der Waals surface area contributed by atoms with Gasteiger partial charge in [0, 0.05) is 16.3 Å². The summed E-state index contributed by atoms with van der Waals surface area (Å²) in [5.74, 6) is -4.43. The van der Waals surface area contributed by atoms with Crippen LogP contribution in [0.15, 0.2) is 76.7 Å². The first kappa shape index (κ1) is 31.2. The van der Waals surface area contributed by atoms with Gasteiger partial charge < -0.3 is 33.9 Å². The third-order valence-electron chi connectivity index (χ3n) is 6.24. The second-order valence-electron chi connectivity index (χ2n) is 9.85. The van der Waals surface area contributed by atoms with E-state index in [2.05, 4.69) is 15.6 Å². The molecule has 2 saturated heterocycles. The number of hydrogen-bond acceptors (Lipinski definition) is 12. The number of carbonyl (C=O) groups is 1. The van der Waals surface area contributed by atoms with Gasteiger partial charge in [0.25, 0.3) is 5.91 Å².